The van der Waals surface area contributed by atoms with Gasteiger partial charge in [0.25, 0.3) is 0 Å². The van der Waals surface area contributed by atoms with Crippen molar-refractivity contribution in [3.63, 3.8) is 0 Å². The molecule has 0 saturated carbocycles. The molecular formula is C19H22F2N4. The van der Waals surface area contributed by atoms with Gasteiger partial charge in [0.15, 0.2) is 11.6 Å². The standard InChI is InChI=1S/C19H22F2N4/c20-15-3-1-2-13(17(15)21)14-10-25(11-16-22-6-7-23-16)18-12-4-8-24(9-5-12)19(14)18/h1-3,6-7,12,14,18-19H,4-5,8-11H2,(H,22,23)/t14-,18-,19-/m0/s1. The van der Waals surface area contributed by atoms with Crippen LogP contribution in [0.4, 0.5) is 8.78 Å². The molecule has 0 aliphatic carbocycles. The highest BCUT2D eigenvalue weighted by Gasteiger charge is 2.53. The molecule has 0 unspecified atom stereocenters. The second-order valence-electron chi connectivity index (χ2n) is 7.57. The van der Waals surface area contributed by atoms with E-state index in [2.05, 4.69) is 19.8 Å². The highest BCUT2D eigenvalue weighted by atomic mass is 19.2. The number of piperidine rings is 3. The van der Waals surface area contributed by atoms with Crippen molar-refractivity contribution >= 4 is 0 Å². The number of rotatable bonds is 3. The zero-order chi connectivity index (χ0) is 17.0. The quantitative estimate of drug-likeness (QED) is 0.930. The second kappa shape index (κ2) is 5.88. The maximum Gasteiger partial charge on any atom is 0.162 e. The largest absolute Gasteiger partial charge is 0.348 e. The van der Waals surface area contributed by atoms with E-state index < -0.39 is 11.6 Å². The van der Waals surface area contributed by atoms with Gasteiger partial charge in [0.1, 0.15) is 5.82 Å². The second-order valence-corrected chi connectivity index (χ2v) is 7.57. The van der Waals surface area contributed by atoms with Crippen molar-refractivity contribution in [3.8, 4) is 0 Å². The highest BCUT2D eigenvalue weighted by Crippen LogP contribution is 2.47. The van der Waals surface area contributed by atoms with Crippen molar-refractivity contribution in [2.45, 2.75) is 37.4 Å². The van der Waals surface area contributed by atoms with Gasteiger partial charge in [-0.2, -0.15) is 0 Å². The molecule has 4 fully saturated rings. The Labute approximate surface area is 145 Å². The molecule has 2 bridgehead atoms. The Morgan fingerprint density at radius 2 is 2.00 bits per heavy atom. The maximum absolute atomic E-state index is 14.5. The normalized spacial score (nSPS) is 34.4. The fourth-order valence-corrected chi connectivity index (χ4v) is 5.38. The SMILES string of the molecule is Fc1cccc([C@@H]2CN(Cc3ncc[nH]3)[C@H]3C4CCN(CC4)[C@@H]23)c1F. The molecule has 4 nitrogen and oxygen atoms in total. The molecule has 1 N–H and O–H groups in total. The number of likely N-dealkylation sites (tertiary alicyclic amines) is 1. The molecule has 6 heteroatoms. The molecule has 0 radical (unpaired) electrons. The summed E-state index contributed by atoms with van der Waals surface area (Å²) in [5.41, 5.74) is 0.532. The number of H-pyrrole nitrogens is 1. The van der Waals surface area contributed by atoms with Gasteiger partial charge in [-0.3, -0.25) is 9.80 Å². The van der Waals surface area contributed by atoms with E-state index in [4.69, 9.17) is 0 Å². The Bertz CT molecular complexity index is 755. The summed E-state index contributed by atoms with van der Waals surface area (Å²) < 4.78 is 28.4. The molecular weight excluding hydrogens is 322 g/mol. The minimum Gasteiger partial charge on any atom is -0.348 e. The smallest absolute Gasteiger partial charge is 0.162 e. The lowest BCUT2D eigenvalue weighted by molar-refractivity contribution is -0.00942. The summed E-state index contributed by atoms with van der Waals surface area (Å²) in [5.74, 6) is 0.184. The Morgan fingerprint density at radius 3 is 2.76 bits per heavy atom. The molecule has 3 atom stereocenters. The Morgan fingerprint density at radius 1 is 1.16 bits per heavy atom. The number of benzene rings is 1. The summed E-state index contributed by atoms with van der Waals surface area (Å²) in [4.78, 5) is 12.5. The van der Waals surface area contributed by atoms with E-state index in [0.717, 1.165) is 32.0 Å². The number of nitrogens with one attached hydrogen (secondary N) is 1. The summed E-state index contributed by atoms with van der Waals surface area (Å²) in [6.45, 7) is 3.65. The highest BCUT2D eigenvalue weighted by molar-refractivity contribution is 5.29. The van der Waals surface area contributed by atoms with Crippen LogP contribution in [0.25, 0.3) is 0 Å². The first-order chi connectivity index (χ1) is 12.2. The lowest BCUT2D eigenvalue weighted by Gasteiger charge is -2.51. The van der Waals surface area contributed by atoms with Crippen LogP contribution in [0.5, 0.6) is 0 Å². The van der Waals surface area contributed by atoms with Crippen LogP contribution in [-0.4, -0.2) is 51.5 Å². The van der Waals surface area contributed by atoms with E-state index >= 15 is 0 Å². The summed E-state index contributed by atoms with van der Waals surface area (Å²) in [7, 11) is 0. The molecule has 4 aliphatic rings. The van der Waals surface area contributed by atoms with Gasteiger partial charge in [-0.05, 0) is 43.5 Å². The molecule has 5 heterocycles. The van der Waals surface area contributed by atoms with Gasteiger partial charge in [-0.15, -0.1) is 0 Å². The van der Waals surface area contributed by atoms with Crippen molar-refractivity contribution in [2.75, 3.05) is 19.6 Å². The van der Waals surface area contributed by atoms with Crippen molar-refractivity contribution in [3.05, 3.63) is 53.6 Å². The fraction of sp³-hybridized carbons (Fsp3) is 0.526. The molecule has 132 valence electrons. The number of aromatic nitrogens is 2. The first kappa shape index (κ1) is 15.5. The number of imidazole rings is 1. The molecule has 6 rings (SSSR count). The average molecular weight is 344 g/mol. The first-order valence-corrected chi connectivity index (χ1v) is 9.12. The Balaban J connectivity index is 1.52. The minimum absolute atomic E-state index is 0.0127. The number of halogens is 2. The molecule has 0 amide bonds. The van der Waals surface area contributed by atoms with Gasteiger partial charge in [-0.25, -0.2) is 13.8 Å². The Kier molecular flexibility index (Phi) is 3.64. The molecule has 0 spiro atoms. The van der Waals surface area contributed by atoms with Crippen molar-refractivity contribution < 1.29 is 8.78 Å². The number of hydrogen-bond donors (Lipinski definition) is 1. The number of fused-ring (bicyclic) bond motifs is 2. The predicted molar refractivity (Wildman–Crippen MR) is 90.0 cm³/mol. The van der Waals surface area contributed by atoms with Gasteiger partial charge in [0.05, 0.1) is 6.54 Å². The van der Waals surface area contributed by atoms with E-state index in [9.17, 15) is 8.78 Å². The predicted octanol–water partition coefficient (Wildman–Crippen LogP) is 2.75. The molecule has 4 aliphatic heterocycles. The van der Waals surface area contributed by atoms with Crippen molar-refractivity contribution in [1.82, 2.24) is 19.8 Å². The van der Waals surface area contributed by atoms with Crippen LogP contribution < -0.4 is 0 Å². The lowest BCUT2D eigenvalue weighted by atomic mass is 9.75. The third-order valence-electron chi connectivity index (χ3n) is 6.38. The van der Waals surface area contributed by atoms with Crippen molar-refractivity contribution in [1.29, 1.82) is 0 Å². The molecule has 1 aromatic carbocycles. The summed E-state index contributed by atoms with van der Waals surface area (Å²) in [5, 5.41) is 0. The summed E-state index contributed by atoms with van der Waals surface area (Å²) >= 11 is 0. The monoisotopic (exact) mass is 344 g/mol. The van der Waals surface area contributed by atoms with Gasteiger partial charge >= 0.3 is 0 Å². The number of aromatic amines is 1. The van der Waals surface area contributed by atoms with Gasteiger partial charge in [0, 0.05) is 36.9 Å². The van der Waals surface area contributed by atoms with E-state index in [1.54, 1.807) is 18.3 Å². The molecule has 25 heavy (non-hydrogen) atoms. The number of nitrogens with zero attached hydrogens (tertiary/aromatic N) is 3. The van der Waals surface area contributed by atoms with Gasteiger partial charge < -0.3 is 4.98 Å². The minimum atomic E-state index is -0.741. The summed E-state index contributed by atoms with van der Waals surface area (Å²) in [6, 6.07) is 5.28. The van der Waals surface area contributed by atoms with Gasteiger partial charge in [-0.1, -0.05) is 12.1 Å². The van der Waals surface area contributed by atoms with Crippen LogP contribution in [0.1, 0.15) is 30.1 Å². The first-order valence-electron chi connectivity index (χ1n) is 9.12. The molecule has 4 saturated heterocycles. The van der Waals surface area contributed by atoms with E-state index in [1.165, 1.54) is 18.9 Å². The van der Waals surface area contributed by atoms with E-state index in [-0.39, 0.29) is 12.0 Å². The van der Waals surface area contributed by atoms with Crippen LogP contribution in [0.15, 0.2) is 30.6 Å². The maximum atomic E-state index is 14.5. The van der Waals surface area contributed by atoms with Gasteiger partial charge in [0.2, 0.25) is 0 Å². The number of hydrogen-bond acceptors (Lipinski definition) is 3. The van der Waals surface area contributed by atoms with Crippen LogP contribution >= 0.6 is 0 Å². The zero-order valence-corrected chi connectivity index (χ0v) is 14.0. The van der Waals surface area contributed by atoms with Crippen molar-refractivity contribution in [2.24, 2.45) is 5.92 Å². The average Bonchev–Trinajstić information content (AvgIpc) is 3.28. The summed E-state index contributed by atoms with van der Waals surface area (Å²) in [6.07, 6.45) is 6.01. The molecule has 2 aromatic rings. The fourth-order valence-electron chi connectivity index (χ4n) is 5.38. The van der Waals surface area contributed by atoms with Crippen LogP contribution in [0.2, 0.25) is 0 Å². The molecule has 1 aromatic heterocycles. The third kappa shape index (κ3) is 2.42. The third-order valence-corrected chi connectivity index (χ3v) is 6.38. The lowest BCUT2D eigenvalue weighted by Crippen LogP contribution is -2.60. The van der Waals surface area contributed by atoms with E-state index in [1.807, 2.05) is 6.20 Å². The van der Waals surface area contributed by atoms with Crippen LogP contribution in [0, 0.1) is 17.6 Å². The Hall–Kier alpha value is -1.79. The van der Waals surface area contributed by atoms with E-state index in [0.29, 0.717) is 17.5 Å². The van der Waals surface area contributed by atoms with Crippen LogP contribution in [-0.2, 0) is 6.54 Å². The topological polar surface area (TPSA) is 35.2 Å². The zero-order valence-electron chi connectivity index (χ0n) is 14.0. The van der Waals surface area contributed by atoms with Crippen LogP contribution in [0.3, 0.4) is 0 Å².